The van der Waals surface area contributed by atoms with Gasteiger partial charge in [-0.15, -0.1) is 0 Å². The van der Waals surface area contributed by atoms with Crippen molar-refractivity contribution < 1.29 is 14.3 Å². The maximum atomic E-state index is 13.7. The first-order valence-electron chi connectivity index (χ1n) is 12.0. The third kappa shape index (κ3) is 6.85. The van der Waals surface area contributed by atoms with Crippen molar-refractivity contribution in [2.45, 2.75) is 84.7 Å². The van der Waals surface area contributed by atoms with Crippen LogP contribution in [0.5, 0.6) is 0 Å². The van der Waals surface area contributed by atoms with Crippen molar-refractivity contribution in [3.63, 3.8) is 0 Å². The highest BCUT2D eigenvalue weighted by molar-refractivity contribution is 9.10. The van der Waals surface area contributed by atoms with Crippen LogP contribution in [0.3, 0.4) is 0 Å². The zero-order valence-electron chi connectivity index (χ0n) is 20.8. The van der Waals surface area contributed by atoms with Crippen LogP contribution in [0.25, 0.3) is 0 Å². The predicted octanol–water partition coefficient (Wildman–Crippen LogP) is 7.91. The molecular formula is C28H35BrClNO3. The fourth-order valence-electron chi connectivity index (χ4n) is 4.75. The maximum Gasteiger partial charge on any atom is 0.306 e. The number of hydrogen-bond donors (Lipinski definition) is 1. The summed E-state index contributed by atoms with van der Waals surface area (Å²) in [6.07, 6.45) is 5.20. The van der Waals surface area contributed by atoms with Gasteiger partial charge in [-0.2, -0.15) is 0 Å². The Morgan fingerprint density at radius 3 is 2.50 bits per heavy atom. The molecule has 1 unspecified atom stereocenters. The average molecular weight is 549 g/mol. The van der Waals surface area contributed by atoms with Crippen LogP contribution in [0.2, 0.25) is 5.02 Å². The van der Waals surface area contributed by atoms with Crippen molar-refractivity contribution in [2.75, 3.05) is 5.32 Å². The lowest BCUT2D eigenvalue weighted by molar-refractivity contribution is -0.154. The number of halogens is 2. The molecule has 0 spiro atoms. The van der Waals surface area contributed by atoms with Gasteiger partial charge in [0.1, 0.15) is 5.60 Å². The molecule has 184 valence electrons. The Hall–Kier alpha value is -1.85. The molecule has 2 aromatic carbocycles. The van der Waals surface area contributed by atoms with Crippen LogP contribution in [0.4, 0.5) is 5.69 Å². The standard InChI is InChI=1S/C28H35BrClNO3/c1-17-15-21(23(30)16-22(17)29)26(20-9-6-7-10-20)27(33)31-24-12-8-11-19(18(24)2)13-14-25(32)34-28(3,4)5/h8,11-12,15-16,20,26H,6-7,9-10,13-14H2,1-5H3,(H,31,33). The summed E-state index contributed by atoms with van der Waals surface area (Å²) in [5, 5.41) is 3.81. The molecule has 0 aromatic heterocycles. The molecule has 34 heavy (non-hydrogen) atoms. The van der Waals surface area contributed by atoms with Crippen LogP contribution in [0.15, 0.2) is 34.8 Å². The van der Waals surface area contributed by atoms with E-state index >= 15 is 0 Å². The first kappa shape index (κ1) is 26.7. The number of nitrogens with one attached hydrogen (secondary N) is 1. The van der Waals surface area contributed by atoms with Gasteiger partial charge < -0.3 is 10.1 Å². The number of aryl methyl sites for hydroxylation is 2. The van der Waals surface area contributed by atoms with Gasteiger partial charge >= 0.3 is 5.97 Å². The fourth-order valence-corrected chi connectivity index (χ4v) is 5.50. The summed E-state index contributed by atoms with van der Waals surface area (Å²) in [6.45, 7) is 9.61. The van der Waals surface area contributed by atoms with Gasteiger partial charge in [-0.1, -0.05) is 58.6 Å². The SMILES string of the molecule is Cc1cc(C(C(=O)Nc2cccc(CCC(=O)OC(C)(C)C)c2C)C2CCCC2)c(Cl)cc1Br. The molecule has 1 N–H and O–H groups in total. The second kappa shape index (κ2) is 11.3. The summed E-state index contributed by atoms with van der Waals surface area (Å²) in [6, 6.07) is 9.78. The van der Waals surface area contributed by atoms with Crippen molar-refractivity contribution in [1.29, 1.82) is 0 Å². The number of esters is 1. The number of hydrogen-bond acceptors (Lipinski definition) is 3. The zero-order chi connectivity index (χ0) is 25.0. The van der Waals surface area contributed by atoms with Gasteiger partial charge in [0.25, 0.3) is 0 Å². The van der Waals surface area contributed by atoms with Gasteiger partial charge in [-0.25, -0.2) is 0 Å². The summed E-state index contributed by atoms with van der Waals surface area (Å²) in [5.74, 6) is -0.272. The molecule has 0 bridgehead atoms. The molecule has 0 radical (unpaired) electrons. The van der Waals surface area contributed by atoms with Gasteiger partial charge in [0.05, 0.1) is 5.92 Å². The van der Waals surface area contributed by atoms with Crippen LogP contribution in [-0.4, -0.2) is 17.5 Å². The molecule has 1 fully saturated rings. The van der Waals surface area contributed by atoms with Crippen molar-refractivity contribution >= 4 is 45.1 Å². The topological polar surface area (TPSA) is 55.4 Å². The number of benzene rings is 2. The minimum Gasteiger partial charge on any atom is -0.460 e. The molecule has 0 heterocycles. The van der Waals surface area contributed by atoms with E-state index in [1.165, 1.54) is 0 Å². The van der Waals surface area contributed by atoms with Crippen LogP contribution < -0.4 is 5.32 Å². The second-order valence-corrected chi connectivity index (χ2v) is 11.6. The highest BCUT2D eigenvalue weighted by Gasteiger charge is 2.34. The lowest BCUT2D eigenvalue weighted by Crippen LogP contribution is -2.27. The van der Waals surface area contributed by atoms with Crippen LogP contribution in [0.1, 0.15) is 81.0 Å². The Morgan fingerprint density at radius 1 is 1.18 bits per heavy atom. The lowest BCUT2D eigenvalue weighted by atomic mass is 9.83. The van der Waals surface area contributed by atoms with E-state index in [1.807, 2.05) is 65.0 Å². The summed E-state index contributed by atoms with van der Waals surface area (Å²) in [4.78, 5) is 25.9. The number of ether oxygens (including phenoxy) is 1. The second-order valence-electron chi connectivity index (χ2n) is 10.3. The van der Waals surface area contributed by atoms with Gasteiger partial charge in [-0.3, -0.25) is 9.59 Å². The molecule has 1 aliphatic rings. The molecule has 1 aliphatic carbocycles. The van der Waals surface area contributed by atoms with E-state index in [0.29, 0.717) is 17.9 Å². The molecule has 1 atom stereocenters. The Balaban J connectivity index is 1.81. The summed E-state index contributed by atoms with van der Waals surface area (Å²) < 4.78 is 6.38. The monoisotopic (exact) mass is 547 g/mol. The normalized spacial score (nSPS) is 15.3. The number of rotatable bonds is 7. The molecule has 0 saturated heterocycles. The Morgan fingerprint density at radius 2 is 1.85 bits per heavy atom. The highest BCUT2D eigenvalue weighted by atomic mass is 79.9. The minimum atomic E-state index is -0.496. The van der Waals surface area contributed by atoms with E-state index in [1.54, 1.807) is 0 Å². The molecule has 3 rings (SSSR count). The van der Waals surface area contributed by atoms with Crippen LogP contribution >= 0.6 is 27.5 Å². The minimum absolute atomic E-state index is 0.0251. The first-order valence-corrected chi connectivity index (χ1v) is 13.2. The van der Waals surface area contributed by atoms with Gasteiger partial charge in [0.15, 0.2) is 0 Å². The van der Waals surface area contributed by atoms with E-state index in [-0.39, 0.29) is 23.7 Å². The third-order valence-electron chi connectivity index (χ3n) is 6.49. The molecule has 6 heteroatoms. The predicted molar refractivity (Wildman–Crippen MR) is 143 cm³/mol. The zero-order valence-corrected chi connectivity index (χ0v) is 23.1. The Kier molecular flexibility index (Phi) is 8.86. The molecular weight excluding hydrogens is 514 g/mol. The van der Waals surface area contributed by atoms with Gasteiger partial charge in [0.2, 0.25) is 5.91 Å². The van der Waals surface area contributed by atoms with Gasteiger partial charge in [-0.05, 0) is 94.2 Å². The smallest absolute Gasteiger partial charge is 0.306 e. The third-order valence-corrected chi connectivity index (χ3v) is 7.67. The maximum absolute atomic E-state index is 13.7. The van der Waals surface area contributed by atoms with Crippen molar-refractivity contribution in [3.8, 4) is 0 Å². The first-order chi connectivity index (χ1) is 16.0. The number of amides is 1. The average Bonchev–Trinajstić information content (AvgIpc) is 3.25. The van der Waals surface area contributed by atoms with Crippen molar-refractivity contribution in [1.82, 2.24) is 0 Å². The molecule has 1 saturated carbocycles. The molecule has 4 nitrogen and oxygen atoms in total. The van der Waals surface area contributed by atoms with Crippen LogP contribution in [-0.2, 0) is 20.7 Å². The number of carbonyl (C=O) groups excluding carboxylic acids is 2. The summed E-state index contributed by atoms with van der Waals surface area (Å²) >= 11 is 10.2. The van der Waals surface area contributed by atoms with E-state index < -0.39 is 5.60 Å². The Bertz CT molecular complexity index is 1050. The quantitative estimate of drug-likeness (QED) is 0.358. The number of anilines is 1. The summed E-state index contributed by atoms with van der Waals surface area (Å²) in [7, 11) is 0. The molecule has 2 aromatic rings. The van der Waals surface area contributed by atoms with Crippen LogP contribution in [0, 0.1) is 19.8 Å². The molecule has 0 aliphatic heterocycles. The van der Waals surface area contributed by atoms with E-state index in [2.05, 4.69) is 21.2 Å². The largest absolute Gasteiger partial charge is 0.460 e. The number of carbonyl (C=O) groups is 2. The fraction of sp³-hybridized carbons (Fsp3) is 0.500. The lowest BCUT2D eigenvalue weighted by Gasteiger charge is -2.25. The van der Waals surface area contributed by atoms with Crippen molar-refractivity contribution in [2.24, 2.45) is 5.92 Å². The van der Waals surface area contributed by atoms with Crippen molar-refractivity contribution in [3.05, 3.63) is 62.1 Å². The van der Waals surface area contributed by atoms with E-state index in [0.717, 1.165) is 58.1 Å². The summed E-state index contributed by atoms with van der Waals surface area (Å²) in [5.41, 5.74) is 4.24. The van der Waals surface area contributed by atoms with Gasteiger partial charge in [0, 0.05) is 21.6 Å². The molecule has 1 amide bonds. The Labute approximate surface area is 216 Å². The van der Waals surface area contributed by atoms with E-state index in [4.69, 9.17) is 16.3 Å². The highest BCUT2D eigenvalue weighted by Crippen LogP contribution is 2.42. The van der Waals surface area contributed by atoms with E-state index in [9.17, 15) is 9.59 Å².